The Labute approximate surface area is 138 Å². The molecule has 2 rings (SSSR count). The van der Waals surface area contributed by atoms with E-state index in [2.05, 4.69) is 27.7 Å². The van der Waals surface area contributed by atoms with Crippen LogP contribution in [0.5, 0.6) is 0 Å². The molecule has 0 aromatic heterocycles. The first kappa shape index (κ1) is 19.9. The summed E-state index contributed by atoms with van der Waals surface area (Å²) in [6.07, 6.45) is 9.31. The Morgan fingerprint density at radius 2 is 0.889 bits per heavy atom. The van der Waals surface area contributed by atoms with Crippen LogP contribution >= 0.6 is 15.8 Å². The summed E-state index contributed by atoms with van der Waals surface area (Å²) in [5.74, 6) is 0. The second kappa shape index (κ2) is 9.02. The van der Waals surface area contributed by atoms with Crippen molar-refractivity contribution in [3.63, 3.8) is 0 Å². The van der Waals surface area contributed by atoms with E-state index < -0.39 is 0 Å². The van der Waals surface area contributed by atoms with Crippen molar-refractivity contribution in [2.75, 3.05) is 12.3 Å². The molecule has 0 amide bonds. The molecule has 0 N–H and O–H groups in total. The van der Waals surface area contributed by atoms with Crippen molar-refractivity contribution in [2.24, 2.45) is 0 Å². The van der Waals surface area contributed by atoms with Crippen molar-refractivity contribution in [3.8, 4) is 0 Å². The third kappa shape index (κ3) is 4.72. The van der Waals surface area contributed by atoms with Gasteiger partial charge < -0.3 is 12.4 Å². The molecule has 0 radical (unpaired) electrons. The first-order valence-corrected chi connectivity index (χ1v) is 10.4. The van der Waals surface area contributed by atoms with Crippen LogP contribution in [-0.2, 0) is 22.4 Å². The molecule has 0 nitrogen and oxygen atoms in total. The molecule has 0 aliphatic carbocycles. The maximum atomic E-state index is 2.52. The molecule has 2 fully saturated rings. The summed E-state index contributed by atoms with van der Waals surface area (Å²) in [5.41, 5.74) is 4.31. The second-order valence-electron chi connectivity index (χ2n) is 6.03. The first-order valence-electron chi connectivity index (χ1n) is 7.11. The van der Waals surface area contributed by atoms with Gasteiger partial charge in [-0.3, -0.25) is 0 Å². The van der Waals surface area contributed by atoms with Crippen LogP contribution in [0.25, 0.3) is 0 Å². The van der Waals surface area contributed by atoms with Crippen LogP contribution in [-0.4, -0.2) is 35.0 Å². The zero-order chi connectivity index (χ0) is 11.7. The summed E-state index contributed by atoms with van der Waals surface area (Å²) in [5, 5.41) is 0. The van der Waals surface area contributed by atoms with Gasteiger partial charge in [-0.05, 0) is 60.6 Å². The average Bonchev–Trinajstić information content (AvgIpc) is 2.72. The Kier molecular flexibility index (Phi) is 9.97. The van der Waals surface area contributed by atoms with Crippen molar-refractivity contribution in [2.45, 2.75) is 76.0 Å². The van der Waals surface area contributed by atoms with Crippen molar-refractivity contribution < 1.29 is 34.8 Å². The van der Waals surface area contributed by atoms with E-state index >= 15 is 0 Å². The molecular formula is C14H28AuClP2. The van der Waals surface area contributed by atoms with Crippen LogP contribution < -0.4 is 12.4 Å². The topological polar surface area (TPSA) is 0 Å². The third-order valence-corrected chi connectivity index (χ3v) is 12.3. The second-order valence-corrected chi connectivity index (χ2v) is 12.5. The summed E-state index contributed by atoms with van der Waals surface area (Å²) in [6, 6.07) is 0. The minimum Gasteiger partial charge on any atom is -1.00 e. The van der Waals surface area contributed by atoms with Gasteiger partial charge in [-0.2, -0.15) is 0 Å². The summed E-state index contributed by atoms with van der Waals surface area (Å²) in [4.78, 5) is 0. The van der Waals surface area contributed by atoms with Gasteiger partial charge in [0.25, 0.3) is 0 Å². The molecule has 112 valence electrons. The molecule has 2 aliphatic rings. The van der Waals surface area contributed by atoms with Gasteiger partial charge >= 0.3 is 22.4 Å². The van der Waals surface area contributed by atoms with E-state index in [1.807, 2.05) is 0 Å². The Hall–Kier alpha value is 1.89. The zero-order valence-corrected chi connectivity index (χ0v) is 16.8. The number of halogens is 1. The van der Waals surface area contributed by atoms with Crippen molar-refractivity contribution in [1.29, 1.82) is 0 Å². The normalized spacial score (nSPS) is 43.3. The van der Waals surface area contributed by atoms with E-state index in [1.54, 1.807) is 12.3 Å². The minimum atomic E-state index is 0. The van der Waals surface area contributed by atoms with Crippen molar-refractivity contribution in [1.82, 2.24) is 0 Å². The molecule has 0 saturated carbocycles. The molecule has 4 unspecified atom stereocenters. The number of hydrogen-bond donors (Lipinski definition) is 0. The van der Waals surface area contributed by atoms with Crippen LogP contribution in [0.2, 0.25) is 0 Å². The molecule has 2 heterocycles. The molecule has 2 saturated heterocycles. The Morgan fingerprint density at radius 1 is 0.667 bits per heavy atom. The molecule has 0 aromatic carbocycles. The summed E-state index contributed by atoms with van der Waals surface area (Å²) >= 11 is 0. The SMILES string of the molecule is CC1CCC(C)P1CCP1C(C)CCC1C.[Au+].[Cl-]. The van der Waals surface area contributed by atoms with Gasteiger partial charge in [-0.15, -0.1) is 15.8 Å². The monoisotopic (exact) mass is 490 g/mol. The van der Waals surface area contributed by atoms with E-state index in [4.69, 9.17) is 0 Å². The van der Waals surface area contributed by atoms with Crippen molar-refractivity contribution >= 4 is 15.8 Å². The maximum Gasteiger partial charge on any atom is 1.00 e. The zero-order valence-electron chi connectivity index (χ0n) is 12.1. The quantitative estimate of drug-likeness (QED) is 0.420. The van der Waals surface area contributed by atoms with Gasteiger partial charge in [-0.1, -0.05) is 27.7 Å². The van der Waals surface area contributed by atoms with Crippen LogP contribution in [0.4, 0.5) is 0 Å². The molecule has 2 aliphatic heterocycles. The molecular weight excluding hydrogens is 463 g/mol. The minimum absolute atomic E-state index is 0. The molecule has 18 heavy (non-hydrogen) atoms. The van der Waals surface area contributed by atoms with Gasteiger partial charge in [-0.25, -0.2) is 0 Å². The van der Waals surface area contributed by atoms with E-state index in [9.17, 15) is 0 Å². The van der Waals surface area contributed by atoms with E-state index in [-0.39, 0.29) is 34.8 Å². The van der Waals surface area contributed by atoms with E-state index in [0.717, 1.165) is 22.6 Å². The molecule has 0 aromatic rings. The van der Waals surface area contributed by atoms with Gasteiger partial charge in [0, 0.05) is 0 Å². The Bertz CT molecular complexity index is 196. The standard InChI is InChI=1S/C14H28P2.Au.ClH/c1-11-5-6-12(2)15(11)9-10-16-13(3)7-8-14(16)4;;/h11-14H,5-10H2,1-4H3;;1H/q;+1;/p-1. The third-order valence-electron chi connectivity index (χ3n) is 4.89. The fourth-order valence-electron chi connectivity index (χ4n) is 3.61. The summed E-state index contributed by atoms with van der Waals surface area (Å²) < 4.78 is 0. The fraction of sp³-hybridized carbons (Fsp3) is 1.00. The molecule has 0 spiro atoms. The Balaban J connectivity index is 0.00000144. The first-order chi connectivity index (χ1) is 7.59. The predicted molar refractivity (Wildman–Crippen MR) is 79.9 cm³/mol. The van der Waals surface area contributed by atoms with E-state index in [1.165, 1.54) is 25.7 Å². The van der Waals surface area contributed by atoms with Gasteiger partial charge in [0.2, 0.25) is 0 Å². The maximum absolute atomic E-state index is 2.52. The van der Waals surface area contributed by atoms with Gasteiger partial charge in [0.1, 0.15) is 0 Å². The average molecular weight is 491 g/mol. The van der Waals surface area contributed by atoms with Crippen LogP contribution in [0, 0.1) is 0 Å². The van der Waals surface area contributed by atoms with Crippen LogP contribution in [0.1, 0.15) is 53.4 Å². The number of hydrogen-bond acceptors (Lipinski definition) is 0. The largest absolute Gasteiger partial charge is 1.00 e. The fourth-order valence-corrected chi connectivity index (χ4v) is 10.9. The van der Waals surface area contributed by atoms with Gasteiger partial charge in [0.15, 0.2) is 0 Å². The van der Waals surface area contributed by atoms with E-state index in [0.29, 0.717) is 15.8 Å². The van der Waals surface area contributed by atoms with Crippen LogP contribution in [0.3, 0.4) is 0 Å². The van der Waals surface area contributed by atoms with Crippen molar-refractivity contribution in [3.05, 3.63) is 0 Å². The molecule has 4 atom stereocenters. The summed E-state index contributed by atoms with van der Waals surface area (Å²) in [7, 11) is 0.789. The van der Waals surface area contributed by atoms with Crippen LogP contribution in [0.15, 0.2) is 0 Å². The Morgan fingerprint density at radius 3 is 1.11 bits per heavy atom. The molecule has 0 bridgehead atoms. The smallest absolute Gasteiger partial charge is 1.00 e. The van der Waals surface area contributed by atoms with Gasteiger partial charge in [0.05, 0.1) is 0 Å². The summed E-state index contributed by atoms with van der Waals surface area (Å²) in [6.45, 7) is 10.1. The number of rotatable bonds is 3. The predicted octanol–water partition coefficient (Wildman–Crippen LogP) is 2.09. The molecule has 4 heteroatoms.